The first kappa shape index (κ1) is 22.8. The van der Waals surface area contributed by atoms with Crippen LogP contribution in [0.3, 0.4) is 0 Å². The Bertz CT molecular complexity index is 1540. The van der Waals surface area contributed by atoms with Crippen LogP contribution in [-0.4, -0.2) is 70.3 Å². The third kappa shape index (κ3) is 4.18. The molecular weight excluding hydrogens is 472 g/mol. The molecule has 0 spiro atoms. The van der Waals surface area contributed by atoms with Gasteiger partial charge in [0.05, 0.1) is 11.1 Å². The summed E-state index contributed by atoms with van der Waals surface area (Å²) in [6.45, 7) is 1.56. The lowest BCUT2D eigenvalue weighted by atomic mass is 10.1. The molecule has 1 fully saturated rings. The number of hydrogen-bond acceptors (Lipinski definition) is 6. The van der Waals surface area contributed by atoms with Crippen molar-refractivity contribution in [2.45, 2.75) is 6.10 Å². The minimum Gasteiger partial charge on any atom is -0.485 e. The Labute approximate surface area is 212 Å². The predicted octanol–water partition coefficient (Wildman–Crippen LogP) is 2.51. The number of hydrogen-bond donors (Lipinski definition) is 0. The van der Waals surface area contributed by atoms with Crippen molar-refractivity contribution >= 4 is 22.6 Å². The van der Waals surface area contributed by atoms with E-state index in [1.807, 2.05) is 30.3 Å². The fourth-order valence-electron chi connectivity index (χ4n) is 4.72. The van der Waals surface area contributed by atoms with Gasteiger partial charge in [-0.3, -0.25) is 14.4 Å². The third-order valence-electron chi connectivity index (χ3n) is 6.67. The number of para-hydroxylation sites is 3. The van der Waals surface area contributed by atoms with E-state index in [9.17, 15) is 14.4 Å². The monoisotopic (exact) mass is 496 g/mol. The Morgan fingerprint density at radius 3 is 2.14 bits per heavy atom. The maximum atomic E-state index is 13.6. The zero-order chi connectivity index (χ0) is 25.4. The molecule has 2 aliphatic rings. The van der Waals surface area contributed by atoms with Crippen molar-refractivity contribution < 1.29 is 19.1 Å². The smallest absolute Gasteiger partial charge is 0.279 e. The second kappa shape index (κ2) is 9.42. The number of benzene rings is 3. The number of rotatable bonds is 3. The molecule has 186 valence electrons. The molecule has 0 N–H and O–H groups in total. The fourth-order valence-corrected chi connectivity index (χ4v) is 4.72. The molecule has 0 radical (unpaired) electrons. The van der Waals surface area contributed by atoms with E-state index in [2.05, 4.69) is 5.10 Å². The van der Waals surface area contributed by atoms with E-state index in [1.54, 1.807) is 58.3 Å². The van der Waals surface area contributed by atoms with Crippen LogP contribution >= 0.6 is 0 Å². The van der Waals surface area contributed by atoms with E-state index in [0.717, 1.165) is 0 Å². The van der Waals surface area contributed by atoms with Crippen LogP contribution in [0, 0.1) is 0 Å². The van der Waals surface area contributed by atoms with Crippen LogP contribution in [0.2, 0.25) is 0 Å². The summed E-state index contributed by atoms with van der Waals surface area (Å²) in [6, 6.07) is 23.3. The van der Waals surface area contributed by atoms with Crippen LogP contribution in [-0.2, 0) is 4.79 Å². The van der Waals surface area contributed by atoms with Gasteiger partial charge in [0.15, 0.2) is 17.2 Å². The van der Waals surface area contributed by atoms with E-state index in [0.29, 0.717) is 54.1 Å². The molecule has 1 saturated heterocycles. The average Bonchev–Trinajstić information content (AvgIpc) is 2.97. The number of aromatic nitrogens is 2. The number of ether oxygens (including phenoxy) is 2. The van der Waals surface area contributed by atoms with Gasteiger partial charge in [-0.05, 0) is 30.3 Å². The lowest BCUT2D eigenvalue weighted by molar-refractivity contribution is -0.142. The summed E-state index contributed by atoms with van der Waals surface area (Å²) in [7, 11) is 0. The first-order valence-corrected chi connectivity index (χ1v) is 12.1. The van der Waals surface area contributed by atoms with Gasteiger partial charge in [-0.2, -0.15) is 9.78 Å². The summed E-state index contributed by atoms with van der Waals surface area (Å²) in [5.41, 5.74) is 0.503. The van der Waals surface area contributed by atoms with Crippen molar-refractivity contribution in [3.8, 4) is 17.2 Å². The van der Waals surface area contributed by atoms with Crippen LogP contribution < -0.4 is 15.0 Å². The Morgan fingerprint density at radius 1 is 0.757 bits per heavy atom. The van der Waals surface area contributed by atoms with E-state index in [-0.39, 0.29) is 29.7 Å². The van der Waals surface area contributed by atoms with Crippen molar-refractivity contribution in [2.75, 3.05) is 32.8 Å². The van der Waals surface area contributed by atoms with Crippen molar-refractivity contribution in [2.24, 2.45) is 0 Å². The van der Waals surface area contributed by atoms with Crippen LogP contribution in [0.1, 0.15) is 10.5 Å². The normalized spacial score (nSPS) is 17.0. The Hall–Kier alpha value is -4.66. The molecule has 3 heterocycles. The van der Waals surface area contributed by atoms with E-state index in [4.69, 9.17) is 9.47 Å². The Kier molecular flexibility index (Phi) is 5.80. The number of piperazine rings is 1. The zero-order valence-corrected chi connectivity index (χ0v) is 19.9. The molecule has 2 amide bonds. The zero-order valence-electron chi connectivity index (χ0n) is 19.9. The maximum Gasteiger partial charge on any atom is 0.279 e. The first-order chi connectivity index (χ1) is 18.1. The number of nitrogens with zero attached hydrogens (tertiary/aromatic N) is 4. The molecule has 6 rings (SSSR count). The lowest BCUT2D eigenvalue weighted by Crippen LogP contribution is -2.55. The fraction of sp³-hybridized carbons (Fsp3) is 0.214. The molecule has 0 bridgehead atoms. The predicted molar refractivity (Wildman–Crippen MR) is 136 cm³/mol. The number of fused-ring (bicyclic) bond motifs is 2. The molecule has 0 saturated carbocycles. The highest BCUT2D eigenvalue weighted by Gasteiger charge is 2.34. The van der Waals surface area contributed by atoms with E-state index >= 15 is 0 Å². The van der Waals surface area contributed by atoms with Crippen LogP contribution in [0.5, 0.6) is 11.5 Å². The highest BCUT2D eigenvalue weighted by Crippen LogP contribution is 2.31. The first-order valence-electron chi connectivity index (χ1n) is 12.1. The Balaban J connectivity index is 1.21. The molecule has 9 nitrogen and oxygen atoms in total. The van der Waals surface area contributed by atoms with Gasteiger partial charge in [0.25, 0.3) is 17.4 Å². The summed E-state index contributed by atoms with van der Waals surface area (Å²) < 4.78 is 12.8. The average molecular weight is 497 g/mol. The van der Waals surface area contributed by atoms with Crippen molar-refractivity contribution in [3.05, 3.63) is 94.9 Å². The SMILES string of the molecule is O=C(c1nn(-c2ccccc2)c(=O)c2ccccc12)N1CCN(C(=O)C2COc3ccccc3O2)CC1. The molecule has 2 aliphatic heterocycles. The van der Waals surface area contributed by atoms with Gasteiger partial charge in [-0.15, -0.1) is 0 Å². The number of carbonyl (C=O) groups excluding carboxylic acids is 2. The van der Waals surface area contributed by atoms with Gasteiger partial charge in [0, 0.05) is 31.6 Å². The summed E-state index contributed by atoms with van der Waals surface area (Å²) in [5, 5.41) is 5.42. The summed E-state index contributed by atoms with van der Waals surface area (Å²) in [4.78, 5) is 43.2. The number of amides is 2. The minimum atomic E-state index is -0.725. The molecule has 37 heavy (non-hydrogen) atoms. The van der Waals surface area contributed by atoms with Crippen LogP contribution in [0.25, 0.3) is 16.5 Å². The van der Waals surface area contributed by atoms with Gasteiger partial charge < -0.3 is 19.3 Å². The van der Waals surface area contributed by atoms with Crippen LogP contribution in [0.4, 0.5) is 0 Å². The van der Waals surface area contributed by atoms with Crippen molar-refractivity contribution in [1.29, 1.82) is 0 Å². The summed E-state index contributed by atoms with van der Waals surface area (Å²) in [5.74, 6) is 0.730. The van der Waals surface area contributed by atoms with E-state index < -0.39 is 6.10 Å². The Morgan fingerprint density at radius 2 is 1.38 bits per heavy atom. The molecule has 1 atom stereocenters. The van der Waals surface area contributed by atoms with Gasteiger partial charge in [-0.25, -0.2) is 0 Å². The molecule has 3 aromatic carbocycles. The largest absolute Gasteiger partial charge is 0.485 e. The molecule has 4 aromatic rings. The third-order valence-corrected chi connectivity index (χ3v) is 6.67. The maximum absolute atomic E-state index is 13.6. The number of carbonyl (C=O) groups is 2. The van der Waals surface area contributed by atoms with Crippen LogP contribution in [0.15, 0.2) is 83.7 Å². The molecule has 1 unspecified atom stereocenters. The lowest BCUT2D eigenvalue weighted by Gasteiger charge is -2.37. The second-order valence-corrected chi connectivity index (χ2v) is 8.93. The quantitative estimate of drug-likeness (QED) is 0.433. The molecule has 9 heteroatoms. The highest BCUT2D eigenvalue weighted by molar-refractivity contribution is 6.05. The highest BCUT2D eigenvalue weighted by atomic mass is 16.6. The standard InChI is InChI=1S/C28H24N4O5/c33-26-21-11-5-4-10-20(21)25(29-32(26)19-8-2-1-3-9-19)28(35)31-16-14-30(15-17-31)27(34)24-18-36-22-12-6-7-13-23(22)37-24/h1-13,24H,14-18H2. The second-order valence-electron chi connectivity index (χ2n) is 8.93. The minimum absolute atomic E-state index is 0.145. The topological polar surface area (TPSA) is 94.0 Å². The van der Waals surface area contributed by atoms with Gasteiger partial charge >= 0.3 is 0 Å². The van der Waals surface area contributed by atoms with E-state index in [1.165, 1.54) is 4.68 Å². The molecule has 1 aromatic heterocycles. The van der Waals surface area contributed by atoms with Crippen molar-refractivity contribution in [1.82, 2.24) is 19.6 Å². The molecule has 0 aliphatic carbocycles. The summed E-state index contributed by atoms with van der Waals surface area (Å²) >= 11 is 0. The van der Waals surface area contributed by atoms with Gasteiger partial charge in [0.1, 0.15) is 6.61 Å². The van der Waals surface area contributed by atoms with Crippen molar-refractivity contribution in [3.63, 3.8) is 0 Å². The summed E-state index contributed by atoms with van der Waals surface area (Å²) in [6.07, 6.45) is -0.725. The molecular formula is C28H24N4O5. The van der Waals surface area contributed by atoms with Gasteiger partial charge in [-0.1, -0.05) is 48.5 Å². The van der Waals surface area contributed by atoms with Gasteiger partial charge in [0.2, 0.25) is 6.10 Å².